The lowest BCUT2D eigenvalue weighted by atomic mass is 10.1. The van der Waals surface area contributed by atoms with E-state index in [2.05, 4.69) is 27.8 Å². The Kier molecular flexibility index (Phi) is 7.57. The fraction of sp³-hybridized carbons (Fsp3) is 0.875. The van der Waals surface area contributed by atoms with Crippen LogP contribution in [0.5, 0.6) is 0 Å². The Labute approximate surface area is 128 Å². The van der Waals surface area contributed by atoms with Crippen LogP contribution in [-0.2, 0) is 6.54 Å². The highest BCUT2D eigenvalue weighted by atomic mass is 16.4. The molecular formula is C16H30N4O. The predicted octanol–water partition coefficient (Wildman–Crippen LogP) is 3.87. The van der Waals surface area contributed by atoms with Crippen molar-refractivity contribution in [3.63, 3.8) is 0 Å². The smallest absolute Gasteiger partial charge is 0.315 e. The molecule has 0 spiro atoms. The second-order valence-corrected chi connectivity index (χ2v) is 6.06. The first kappa shape index (κ1) is 16.3. The minimum Gasteiger partial charge on any atom is -0.407 e. The van der Waals surface area contributed by atoms with Gasteiger partial charge in [-0.25, -0.2) is 0 Å². The van der Waals surface area contributed by atoms with Crippen LogP contribution in [0.4, 0.5) is 6.01 Å². The summed E-state index contributed by atoms with van der Waals surface area (Å²) in [6.45, 7) is 3.88. The van der Waals surface area contributed by atoms with Crippen molar-refractivity contribution in [2.45, 2.75) is 83.7 Å². The zero-order valence-corrected chi connectivity index (χ0v) is 13.4. The third kappa shape index (κ3) is 7.46. The van der Waals surface area contributed by atoms with Crippen LogP contribution in [0.2, 0.25) is 0 Å². The molecule has 1 saturated carbocycles. The maximum absolute atomic E-state index is 5.54. The summed E-state index contributed by atoms with van der Waals surface area (Å²) in [5.41, 5.74) is 0. The molecule has 0 radical (unpaired) electrons. The van der Waals surface area contributed by atoms with Gasteiger partial charge in [0, 0.05) is 12.6 Å². The van der Waals surface area contributed by atoms with E-state index in [-0.39, 0.29) is 0 Å². The van der Waals surface area contributed by atoms with Gasteiger partial charge in [0.1, 0.15) is 0 Å². The molecule has 0 saturated heterocycles. The Hall–Kier alpha value is -1.10. The number of rotatable bonds is 13. The summed E-state index contributed by atoms with van der Waals surface area (Å²) in [5.74, 6) is 0.681. The van der Waals surface area contributed by atoms with E-state index in [1.807, 2.05) is 0 Å². The van der Waals surface area contributed by atoms with Gasteiger partial charge in [-0.3, -0.25) is 0 Å². The quantitative estimate of drug-likeness (QED) is 0.541. The first-order chi connectivity index (χ1) is 10.4. The molecule has 0 amide bonds. The molecule has 0 unspecified atom stereocenters. The van der Waals surface area contributed by atoms with Gasteiger partial charge in [-0.2, -0.15) is 0 Å². The summed E-state index contributed by atoms with van der Waals surface area (Å²) >= 11 is 0. The van der Waals surface area contributed by atoms with Crippen LogP contribution in [0.3, 0.4) is 0 Å². The second kappa shape index (κ2) is 9.77. The lowest BCUT2D eigenvalue weighted by Crippen LogP contribution is -2.15. The molecule has 5 nitrogen and oxygen atoms in total. The molecule has 0 bridgehead atoms. The summed E-state index contributed by atoms with van der Waals surface area (Å²) in [5, 5.41) is 14.6. The van der Waals surface area contributed by atoms with Crippen molar-refractivity contribution in [2.75, 3.05) is 11.9 Å². The number of anilines is 1. The molecule has 1 aliphatic carbocycles. The van der Waals surface area contributed by atoms with E-state index in [0.29, 0.717) is 24.5 Å². The minimum atomic E-state index is 0.561. The average molecular weight is 294 g/mol. The van der Waals surface area contributed by atoms with E-state index in [4.69, 9.17) is 4.42 Å². The van der Waals surface area contributed by atoms with E-state index >= 15 is 0 Å². The topological polar surface area (TPSA) is 63.0 Å². The van der Waals surface area contributed by atoms with Crippen molar-refractivity contribution in [3.05, 3.63) is 5.89 Å². The fourth-order valence-electron chi connectivity index (χ4n) is 2.37. The van der Waals surface area contributed by atoms with Crippen LogP contribution in [0, 0.1) is 0 Å². The fourth-order valence-corrected chi connectivity index (χ4v) is 2.37. The van der Waals surface area contributed by atoms with Gasteiger partial charge in [0.25, 0.3) is 0 Å². The summed E-state index contributed by atoms with van der Waals surface area (Å²) in [6, 6.07) is 1.23. The third-order valence-electron chi connectivity index (χ3n) is 3.89. The Bertz CT molecular complexity index is 376. The van der Waals surface area contributed by atoms with Gasteiger partial charge in [0.2, 0.25) is 5.89 Å². The summed E-state index contributed by atoms with van der Waals surface area (Å²) in [7, 11) is 0. The van der Waals surface area contributed by atoms with E-state index in [9.17, 15) is 0 Å². The minimum absolute atomic E-state index is 0.561. The normalized spacial score (nSPS) is 14.5. The molecule has 1 aromatic heterocycles. The highest BCUT2D eigenvalue weighted by Crippen LogP contribution is 2.19. The Morgan fingerprint density at radius 3 is 2.43 bits per heavy atom. The number of hydrogen-bond donors (Lipinski definition) is 2. The van der Waals surface area contributed by atoms with Gasteiger partial charge in [-0.05, 0) is 19.3 Å². The molecule has 2 N–H and O–H groups in total. The molecule has 0 atom stereocenters. The van der Waals surface area contributed by atoms with E-state index < -0.39 is 0 Å². The predicted molar refractivity (Wildman–Crippen MR) is 85.3 cm³/mol. The van der Waals surface area contributed by atoms with Gasteiger partial charge in [0.15, 0.2) is 0 Å². The van der Waals surface area contributed by atoms with E-state index in [0.717, 1.165) is 6.54 Å². The third-order valence-corrected chi connectivity index (χ3v) is 3.89. The number of aromatic nitrogens is 2. The second-order valence-electron chi connectivity index (χ2n) is 6.06. The summed E-state index contributed by atoms with van der Waals surface area (Å²) in [4.78, 5) is 0. The largest absolute Gasteiger partial charge is 0.407 e. The first-order valence-corrected chi connectivity index (χ1v) is 8.68. The van der Waals surface area contributed by atoms with Crippen LogP contribution in [0.15, 0.2) is 4.42 Å². The molecule has 1 aliphatic rings. The number of nitrogens with one attached hydrogen (secondary N) is 2. The number of hydrogen-bond acceptors (Lipinski definition) is 5. The summed E-state index contributed by atoms with van der Waals surface area (Å²) < 4.78 is 5.54. The molecule has 1 aromatic rings. The lowest BCUT2D eigenvalue weighted by molar-refractivity contribution is 0.475. The molecule has 1 heterocycles. The van der Waals surface area contributed by atoms with Gasteiger partial charge < -0.3 is 15.1 Å². The van der Waals surface area contributed by atoms with Gasteiger partial charge in [0.05, 0.1) is 6.54 Å². The lowest BCUT2D eigenvalue weighted by Gasteiger charge is -2.02. The van der Waals surface area contributed by atoms with Crippen LogP contribution in [-0.4, -0.2) is 22.8 Å². The van der Waals surface area contributed by atoms with Crippen molar-refractivity contribution in [1.82, 2.24) is 15.5 Å². The SMILES string of the molecule is CCCCCCCCCCNc1nnc(CNC2CC2)o1. The Morgan fingerprint density at radius 1 is 1.00 bits per heavy atom. The average Bonchev–Trinajstić information content (AvgIpc) is 3.22. The highest BCUT2D eigenvalue weighted by molar-refractivity contribution is 5.16. The van der Waals surface area contributed by atoms with Crippen molar-refractivity contribution in [3.8, 4) is 0 Å². The van der Waals surface area contributed by atoms with Crippen molar-refractivity contribution in [2.24, 2.45) is 0 Å². The standard InChI is InChI=1S/C16H30N4O/c1-2-3-4-5-6-7-8-9-12-17-16-20-19-15(21-16)13-18-14-10-11-14/h14,18H,2-13H2,1H3,(H,17,20). The molecular weight excluding hydrogens is 264 g/mol. The molecule has 0 aromatic carbocycles. The maximum Gasteiger partial charge on any atom is 0.315 e. The maximum atomic E-state index is 5.54. The zero-order valence-electron chi connectivity index (χ0n) is 13.4. The van der Waals surface area contributed by atoms with Crippen LogP contribution >= 0.6 is 0 Å². The van der Waals surface area contributed by atoms with Gasteiger partial charge in [-0.1, -0.05) is 57.0 Å². The molecule has 0 aliphatic heterocycles. The van der Waals surface area contributed by atoms with Crippen molar-refractivity contribution in [1.29, 1.82) is 0 Å². The first-order valence-electron chi connectivity index (χ1n) is 8.68. The van der Waals surface area contributed by atoms with Crippen LogP contribution in [0.1, 0.15) is 77.0 Å². The molecule has 1 fully saturated rings. The Morgan fingerprint density at radius 2 is 1.71 bits per heavy atom. The molecule has 5 heteroatoms. The van der Waals surface area contributed by atoms with Crippen molar-refractivity contribution < 1.29 is 4.42 Å². The highest BCUT2D eigenvalue weighted by Gasteiger charge is 2.21. The monoisotopic (exact) mass is 294 g/mol. The molecule has 2 rings (SSSR count). The molecule has 21 heavy (non-hydrogen) atoms. The summed E-state index contributed by atoms with van der Waals surface area (Å²) in [6.07, 6.45) is 13.2. The zero-order chi connectivity index (χ0) is 14.8. The van der Waals surface area contributed by atoms with Crippen LogP contribution in [0.25, 0.3) is 0 Å². The van der Waals surface area contributed by atoms with Gasteiger partial charge in [-0.15, -0.1) is 5.10 Å². The van der Waals surface area contributed by atoms with Gasteiger partial charge >= 0.3 is 6.01 Å². The Balaban J connectivity index is 1.43. The number of nitrogens with zero attached hydrogens (tertiary/aromatic N) is 2. The van der Waals surface area contributed by atoms with Crippen LogP contribution < -0.4 is 10.6 Å². The van der Waals surface area contributed by atoms with E-state index in [1.54, 1.807) is 0 Å². The van der Waals surface area contributed by atoms with Crippen molar-refractivity contribution >= 4 is 6.01 Å². The molecule has 120 valence electrons. The van der Waals surface area contributed by atoms with E-state index in [1.165, 1.54) is 64.2 Å². The number of unbranched alkanes of at least 4 members (excludes halogenated alkanes) is 7.